The maximum atomic E-state index is 10.0. The van der Waals surface area contributed by atoms with Gasteiger partial charge in [0.15, 0.2) is 11.5 Å². The predicted octanol–water partition coefficient (Wildman–Crippen LogP) is 4.14. The minimum absolute atomic E-state index is 0.187. The summed E-state index contributed by atoms with van der Waals surface area (Å²) < 4.78 is 5.28. The lowest BCUT2D eigenvalue weighted by molar-refractivity contribution is 0.371. The minimum atomic E-state index is 0.187. The van der Waals surface area contributed by atoms with E-state index in [1.54, 1.807) is 25.7 Å². The van der Waals surface area contributed by atoms with Gasteiger partial charge in [-0.1, -0.05) is 13.8 Å². The van der Waals surface area contributed by atoms with Crippen LogP contribution >= 0.6 is 0 Å². The number of nitrogens with zero attached hydrogens (tertiary/aromatic N) is 2. The van der Waals surface area contributed by atoms with Crippen LogP contribution in [0.2, 0.25) is 0 Å². The van der Waals surface area contributed by atoms with E-state index in [-0.39, 0.29) is 5.75 Å². The normalized spacial score (nSPS) is 11.8. The third kappa shape index (κ3) is 3.80. The van der Waals surface area contributed by atoms with Gasteiger partial charge in [0.25, 0.3) is 0 Å². The second kappa shape index (κ2) is 7.63. The van der Waals surface area contributed by atoms with Crippen molar-refractivity contribution in [3.05, 3.63) is 47.5 Å². The van der Waals surface area contributed by atoms with Gasteiger partial charge in [0, 0.05) is 18.1 Å². The van der Waals surface area contributed by atoms with Gasteiger partial charge in [-0.05, 0) is 48.6 Å². The van der Waals surface area contributed by atoms with E-state index in [1.807, 2.05) is 19.1 Å². The number of hydrogen-bond acceptors (Lipinski definition) is 5. The van der Waals surface area contributed by atoms with Crippen molar-refractivity contribution < 1.29 is 9.84 Å². The summed E-state index contributed by atoms with van der Waals surface area (Å²) in [5, 5.41) is 13.4. The summed E-state index contributed by atoms with van der Waals surface area (Å²) >= 11 is 0. The van der Waals surface area contributed by atoms with Crippen molar-refractivity contribution in [2.75, 3.05) is 12.4 Å². The molecule has 2 aromatic rings. The summed E-state index contributed by atoms with van der Waals surface area (Å²) in [5.74, 6) is 1.39. The molecule has 122 valence electrons. The fourth-order valence-corrected chi connectivity index (χ4v) is 2.56. The van der Waals surface area contributed by atoms with E-state index in [9.17, 15) is 5.11 Å². The molecule has 1 aromatic heterocycles. The fourth-order valence-electron chi connectivity index (χ4n) is 2.56. The highest BCUT2D eigenvalue weighted by Gasteiger charge is 2.13. The van der Waals surface area contributed by atoms with Crippen molar-refractivity contribution >= 4 is 11.4 Å². The molecule has 0 amide bonds. The van der Waals surface area contributed by atoms with Gasteiger partial charge >= 0.3 is 0 Å². The van der Waals surface area contributed by atoms with Crippen LogP contribution < -0.4 is 10.1 Å². The number of rotatable bonds is 6. The zero-order valence-corrected chi connectivity index (χ0v) is 14.1. The number of ether oxygens (including phenoxy) is 1. The Bertz CT molecular complexity index is 697. The smallest absolute Gasteiger partial charge is 0.161 e. The number of allylic oxidation sites excluding steroid dienone is 2. The Labute approximate surface area is 137 Å². The summed E-state index contributed by atoms with van der Waals surface area (Å²) in [6.45, 7) is 6.08. The Morgan fingerprint density at radius 2 is 2.00 bits per heavy atom. The quantitative estimate of drug-likeness (QED) is 0.839. The Balaban J connectivity index is 2.48. The van der Waals surface area contributed by atoms with Crippen molar-refractivity contribution in [2.24, 2.45) is 0 Å². The third-order valence-corrected chi connectivity index (χ3v) is 3.75. The Morgan fingerprint density at radius 1 is 1.22 bits per heavy atom. The number of phenolic OH excluding ortho intramolecular Hbond substituents is 1. The zero-order chi connectivity index (χ0) is 16.8. The van der Waals surface area contributed by atoms with E-state index in [1.165, 1.54) is 5.57 Å². The monoisotopic (exact) mass is 313 g/mol. The van der Waals surface area contributed by atoms with Gasteiger partial charge in [0.05, 0.1) is 13.3 Å². The summed E-state index contributed by atoms with van der Waals surface area (Å²) in [5.41, 5.74) is 4.08. The molecule has 0 bridgehead atoms. The maximum absolute atomic E-state index is 10.0. The minimum Gasteiger partial charge on any atom is -0.504 e. The van der Waals surface area contributed by atoms with Crippen LogP contribution in [-0.4, -0.2) is 22.2 Å². The molecular weight excluding hydrogens is 290 g/mol. The standard InChI is InChI=1S/C18H23N3O2/c1-5-14(13-9-12(3)18(22)16(10-13)23-4)15(6-2)21-17-11-19-7-8-20-17/h7-11,22H,5-6H2,1-4H3,(H,20,21)/b15-14-. The lowest BCUT2D eigenvalue weighted by Crippen LogP contribution is -2.05. The molecule has 5 heteroatoms. The Morgan fingerprint density at radius 3 is 2.57 bits per heavy atom. The van der Waals surface area contributed by atoms with Gasteiger partial charge in [-0.25, -0.2) is 4.98 Å². The number of methoxy groups -OCH3 is 1. The molecule has 0 saturated carbocycles. The summed E-state index contributed by atoms with van der Waals surface area (Å²) in [6.07, 6.45) is 6.70. The van der Waals surface area contributed by atoms with Crippen LogP contribution in [0.4, 0.5) is 5.82 Å². The van der Waals surface area contributed by atoms with Crippen LogP contribution in [0.25, 0.3) is 5.57 Å². The van der Waals surface area contributed by atoms with E-state index in [0.717, 1.165) is 35.5 Å². The lowest BCUT2D eigenvalue weighted by atomic mass is 9.97. The van der Waals surface area contributed by atoms with E-state index < -0.39 is 0 Å². The van der Waals surface area contributed by atoms with Crippen LogP contribution in [-0.2, 0) is 0 Å². The number of aryl methyl sites for hydroxylation is 1. The van der Waals surface area contributed by atoms with Crippen LogP contribution in [0.1, 0.15) is 37.8 Å². The number of aromatic hydroxyl groups is 1. The molecule has 0 aliphatic rings. The number of phenols is 1. The Kier molecular flexibility index (Phi) is 5.57. The van der Waals surface area contributed by atoms with Crippen LogP contribution in [0.15, 0.2) is 36.4 Å². The topological polar surface area (TPSA) is 67.3 Å². The molecule has 5 nitrogen and oxygen atoms in total. The first-order valence-electron chi connectivity index (χ1n) is 7.73. The van der Waals surface area contributed by atoms with Crippen LogP contribution in [0.3, 0.4) is 0 Å². The number of hydrogen-bond donors (Lipinski definition) is 2. The van der Waals surface area contributed by atoms with Gasteiger partial charge in [-0.15, -0.1) is 0 Å². The second-order valence-electron chi connectivity index (χ2n) is 5.22. The molecule has 0 radical (unpaired) electrons. The molecule has 2 N–H and O–H groups in total. The molecule has 1 heterocycles. The van der Waals surface area contributed by atoms with E-state index >= 15 is 0 Å². The van der Waals surface area contributed by atoms with Crippen molar-refractivity contribution in [1.82, 2.24) is 9.97 Å². The van der Waals surface area contributed by atoms with Crippen molar-refractivity contribution in [2.45, 2.75) is 33.6 Å². The molecule has 0 atom stereocenters. The number of anilines is 1. The second-order valence-corrected chi connectivity index (χ2v) is 5.22. The number of nitrogens with one attached hydrogen (secondary N) is 1. The molecule has 0 fully saturated rings. The highest BCUT2D eigenvalue weighted by molar-refractivity contribution is 5.73. The average molecular weight is 313 g/mol. The van der Waals surface area contributed by atoms with Gasteiger partial charge in [0.2, 0.25) is 0 Å². The van der Waals surface area contributed by atoms with Gasteiger partial charge in [-0.2, -0.15) is 0 Å². The molecular formula is C18H23N3O2. The van der Waals surface area contributed by atoms with Gasteiger partial charge in [0.1, 0.15) is 5.82 Å². The van der Waals surface area contributed by atoms with Gasteiger partial charge < -0.3 is 15.2 Å². The molecule has 0 spiro atoms. The fraction of sp³-hybridized carbons (Fsp3) is 0.333. The SMILES string of the molecule is CC/C(Nc1cnccn1)=C(\CC)c1cc(C)c(O)c(OC)c1. The molecule has 0 aliphatic carbocycles. The van der Waals surface area contributed by atoms with Crippen LogP contribution in [0.5, 0.6) is 11.5 Å². The number of benzene rings is 1. The first-order valence-corrected chi connectivity index (χ1v) is 7.73. The summed E-state index contributed by atoms with van der Waals surface area (Å²) in [4.78, 5) is 8.35. The first-order chi connectivity index (χ1) is 11.1. The number of aromatic nitrogens is 2. The molecule has 2 rings (SSSR count). The summed E-state index contributed by atoms with van der Waals surface area (Å²) in [7, 11) is 1.56. The summed E-state index contributed by atoms with van der Waals surface area (Å²) in [6, 6.07) is 3.85. The highest BCUT2D eigenvalue weighted by atomic mass is 16.5. The average Bonchev–Trinajstić information content (AvgIpc) is 2.58. The lowest BCUT2D eigenvalue weighted by Gasteiger charge is -2.17. The molecule has 1 aromatic carbocycles. The largest absolute Gasteiger partial charge is 0.504 e. The molecule has 23 heavy (non-hydrogen) atoms. The van der Waals surface area contributed by atoms with E-state index in [0.29, 0.717) is 5.75 Å². The molecule has 0 saturated heterocycles. The molecule has 0 aliphatic heterocycles. The van der Waals surface area contributed by atoms with Crippen LogP contribution in [0, 0.1) is 6.92 Å². The van der Waals surface area contributed by atoms with E-state index in [2.05, 4.69) is 29.1 Å². The highest BCUT2D eigenvalue weighted by Crippen LogP contribution is 2.35. The van der Waals surface area contributed by atoms with E-state index in [4.69, 9.17) is 4.74 Å². The zero-order valence-electron chi connectivity index (χ0n) is 14.1. The maximum Gasteiger partial charge on any atom is 0.161 e. The van der Waals surface area contributed by atoms with Crippen molar-refractivity contribution in [3.8, 4) is 11.5 Å². The van der Waals surface area contributed by atoms with Gasteiger partial charge in [-0.3, -0.25) is 4.98 Å². The van der Waals surface area contributed by atoms with Crippen molar-refractivity contribution in [1.29, 1.82) is 0 Å². The third-order valence-electron chi connectivity index (χ3n) is 3.75. The Hall–Kier alpha value is -2.56. The molecule has 0 unspecified atom stereocenters. The first kappa shape index (κ1) is 16.8. The predicted molar refractivity (Wildman–Crippen MR) is 92.6 cm³/mol. The van der Waals surface area contributed by atoms with Crippen molar-refractivity contribution in [3.63, 3.8) is 0 Å².